The number of rotatable bonds is 9. The van der Waals surface area contributed by atoms with Crippen molar-refractivity contribution in [1.29, 1.82) is 0 Å². The number of fused-ring (bicyclic) bond motifs is 2. The maximum atomic E-state index is 13.6. The van der Waals surface area contributed by atoms with Crippen LogP contribution in [0.5, 0.6) is 5.75 Å². The maximum Gasteiger partial charge on any atom is 0.315 e. The van der Waals surface area contributed by atoms with Crippen LogP contribution in [-0.4, -0.2) is 61.5 Å². The predicted octanol–water partition coefficient (Wildman–Crippen LogP) is 5.18. The number of methoxy groups -OCH3 is 1. The Bertz CT molecular complexity index is 1180. The van der Waals surface area contributed by atoms with E-state index in [9.17, 15) is 14.7 Å². The molecule has 3 saturated carbocycles. The van der Waals surface area contributed by atoms with Gasteiger partial charge < -0.3 is 24.1 Å². The van der Waals surface area contributed by atoms with E-state index in [0.717, 1.165) is 43.4 Å². The maximum absolute atomic E-state index is 13.6. The first-order valence-electron chi connectivity index (χ1n) is 15.2. The van der Waals surface area contributed by atoms with Crippen LogP contribution >= 0.6 is 0 Å². The summed E-state index contributed by atoms with van der Waals surface area (Å²) in [6.07, 6.45) is 6.30. The topological polar surface area (TPSA) is 85.3 Å². The fourth-order valence-electron chi connectivity index (χ4n) is 9.94. The van der Waals surface area contributed by atoms with Crippen LogP contribution in [0.15, 0.2) is 35.9 Å². The molecule has 1 aliphatic heterocycles. The molecule has 4 bridgehead atoms. The zero-order valence-electron chi connectivity index (χ0n) is 24.6. The number of allylic oxidation sites excluding steroid dienone is 1. The van der Waals surface area contributed by atoms with Crippen molar-refractivity contribution in [2.75, 3.05) is 26.9 Å². The highest BCUT2D eigenvalue weighted by Crippen LogP contribution is 2.82. The van der Waals surface area contributed by atoms with Gasteiger partial charge in [0.2, 0.25) is 0 Å². The van der Waals surface area contributed by atoms with Gasteiger partial charge in [0, 0.05) is 18.0 Å². The molecule has 7 heteroatoms. The number of nitrogens with zero attached hydrogens (tertiary/aromatic N) is 1. The standard InChI is InChI=1S/C33H45NO6/c1-20(2)28-12-24-13-31(18-35)27-11-6-21(3)26(27)14-32(24,33(28,31)30(36)37)19-40-29-16-34(22(4)17-39-29)15-23-7-9-25(38-5)10-8-23/h7-10,12,18,20-22,24,26-27,29H,6,11,13-17,19H2,1-5H3,(H,36,37)/t21-,22-,24+,26-,27-,29+,31+,32+,33+/m1/s1. The first kappa shape index (κ1) is 27.9. The first-order valence-corrected chi connectivity index (χ1v) is 15.2. The predicted molar refractivity (Wildman–Crippen MR) is 151 cm³/mol. The molecule has 0 amide bonds. The number of aldehydes is 1. The number of carboxylic acid groups (broad SMARTS) is 1. The number of aliphatic carboxylic acids is 1. The summed E-state index contributed by atoms with van der Waals surface area (Å²) in [5.74, 6) is 1.06. The molecule has 1 saturated heterocycles. The van der Waals surface area contributed by atoms with Gasteiger partial charge in [-0.3, -0.25) is 9.69 Å². The van der Waals surface area contributed by atoms with Gasteiger partial charge in [-0.15, -0.1) is 0 Å². The number of carbonyl (C=O) groups is 2. The van der Waals surface area contributed by atoms with Gasteiger partial charge in [-0.2, -0.15) is 0 Å². The number of carboxylic acids is 1. The Morgan fingerprint density at radius 3 is 2.60 bits per heavy atom. The molecule has 218 valence electrons. The van der Waals surface area contributed by atoms with E-state index in [1.165, 1.54) is 5.56 Å². The van der Waals surface area contributed by atoms with Crippen LogP contribution in [0, 0.1) is 45.8 Å². The van der Waals surface area contributed by atoms with Gasteiger partial charge in [-0.05, 0) is 73.5 Å². The highest BCUT2D eigenvalue weighted by Gasteiger charge is 2.84. The number of morpholine rings is 1. The molecular weight excluding hydrogens is 506 g/mol. The Labute approximate surface area is 238 Å². The second kappa shape index (κ2) is 9.95. The van der Waals surface area contributed by atoms with Gasteiger partial charge >= 0.3 is 5.97 Å². The van der Waals surface area contributed by atoms with E-state index in [0.29, 0.717) is 38.0 Å². The second-order valence-electron chi connectivity index (χ2n) is 13.7. The lowest BCUT2D eigenvalue weighted by Gasteiger charge is -2.58. The van der Waals surface area contributed by atoms with E-state index in [1.807, 2.05) is 12.1 Å². The minimum absolute atomic E-state index is 0.0296. The van der Waals surface area contributed by atoms with Crippen molar-refractivity contribution < 1.29 is 28.9 Å². The summed E-state index contributed by atoms with van der Waals surface area (Å²) in [4.78, 5) is 29.2. The third-order valence-electron chi connectivity index (χ3n) is 11.7. The van der Waals surface area contributed by atoms with Gasteiger partial charge in [0.05, 0.1) is 32.3 Å². The molecule has 1 N–H and O–H groups in total. The summed E-state index contributed by atoms with van der Waals surface area (Å²) in [6.45, 7) is 10.9. The lowest BCUT2D eigenvalue weighted by Crippen LogP contribution is -2.64. The van der Waals surface area contributed by atoms with Gasteiger partial charge in [-0.1, -0.05) is 51.0 Å². The summed E-state index contributed by atoms with van der Waals surface area (Å²) in [7, 11) is 1.67. The first-order chi connectivity index (χ1) is 19.1. The summed E-state index contributed by atoms with van der Waals surface area (Å²) < 4.78 is 18.2. The van der Waals surface area contributed by atoms with Crippen LogP contribution in [0.1, 0.15) is 58.9 Å². The Kier molecular flexibility index (Phi) is 6.95. The van der Waals surface area contributed by atoms with Gasteiger partial charge in [0.1, 0.15) is 17.5 Å². The highest BCUT2D eigenvalue weighted by molar-refractivity contribution is 5.90. The monoisotopic (exact) mass is 551 g/mol. The van der Waals surface area contributed by atoms with Crippen LogP contribution in [0.4, 0.5) is 0 Å². The van der Waals surface area contributed by atoms with Crippen LogP contribution < -0.4 is 4.74 Å². The number of benzene rings is 1. The Morgan fingerprint density at radius 1 is 1.20 bits per heavy atom. The van der Waals surface area contributed by atoms with Gasteiger partial charge in [0.15, 0.2) is 6.29 Å². The highest BCUT2D eigenvalue weighted by atomic mass is 16.7. The molecule has 7 nitrogen and oxygen atoms in total. The molecular formula is C33H45NO6. The Morgan fingerprint density at radius 2 is 1.95 bits per heavy atom. The van der Waals surface area contributed by atoms with Crippen LogP contribution in [0.25, 0.3) is 0 Å². The molecule has 9 atom stereocenters. The molecule has 6 rings (SSSR count). The van der Waals surface area contributed by atoms with E-state index >= 15 is 0 Å². The van der Waals surface area contributed by atoms with Crippen molar-refractivity contribution in [2.45, 2.75) is 72.3 Å². The van der Waals surface area contributed by atoms with Crippen molar-refractivity contribution in [2.24, 2.45) is 45.8 Å². The largest absolute Gasteiger partial charge is 0.497 e. The third-order valence-corrected chi connectivity index (χ3v) is 11.7. The average molecular weight is 552 g/mol. The molecule has 1 aromatic carbocycles. The van der Waals surface area contributed by atoms with Crippen molar-refractivity contribution in [3.8, 4) is 5.75 Å². The molecule has 1 heterocycles. The van der Waals surface area contributed by atoms with Crippen molar-refractivity contribution >= 4 is 12.3 Å². The van der Waals surface area contributed by atoms with E-state index < -0.39 is 28.5 Å². The molecule has 4 aliphatic carbocycles. The number of hydrogen-bond donors (Lipinski definition) is 1. The summed E-state index contributed by atoms with van der Waals surface area (Å²) in [5.41, 5.74) is -0.565. The normalized spacial score (nSPS) is 42.1. The SMILES string of the molecule is COc1ccc(CN2C[C@H](OC[C@@]34C[C@@H]5[C@H](C)CC[C@H]5[C@@]5(C=O)C[C@@H]3C=C(C(C)C)[C@@]45C(=O)O)OC[C@H]2C)cc1. The number of hydrogen-bond acceptors (Lipinski definition) is 6. The summed E-state index contributed by atoms with van der Waals surface area (Å²) in [5, 5.41) is 11.2. The van der Waals surface area contributed by atoms with Crippen molar-refractivity contribution in [3.05, 3.63) is 41.5 Å². The molecule has 0 aromatic heterocycles. The molecule has 0 unspecified atom stereocenters. The third kappa shape index (κ3) is 3.66. The molecule has 5 aliphatic rings. The molecule has 0 spiro atoms. The Hall–Kier alpha value is -2.22. The summed E-state index contributed by atoms with van der Waals surface area (Å²) >= 11 is 0. The molecule has 0 radical (unpaired) electrons. The number of ether oxygens (including phenoxy) is 3. The summed E-state index contributed by atoms with van der Waals surface area (Å²) in [6, 6.07) is 8.37. The van der Waals surface area contributed by atoms with Gasteiger partial charge in [-0.25, -0.2) is 0 Å². The zero-order chi connectivity index (χ0) is 28.4. The van der Waals surface area contributed by atoms with E-state index in [2.05, 4.69) is 50.8 Å². The lowest BCUT2D eigenvalue weighted by atomic mass is 9.43. The molecule has 1 aromatic rings. The lowest BCUT2D eigenvalue weighted by molar-refractivity contribution is -0.229. The number of carbonyl (C=O) groups excluding carboxylic acids is 1. The average Bonchev–Trinajstić information content (AvgIpc) is 3.51. The van der Waals surface area contributed by atoms with E-state index in [-0.39, 0.29) is 23.8 Å². The minimum atomic E-state index is -1.21. The second-order valence-corrected chi connectivity index (χ2v) is 13.7. The van der Waals surface area contributed by atoms with Crippen molar-refractivity contribution in [1.82, 2.24) is 4.90 Å². The fraction of sp³-hybridized carbons (Fsp3) is 0.697. The molecule has 40 heavy (non-hydrogen) atoms. The smallest absolute Gasteiger partial charge is 0.315 e. The Balaban J connectivity index is 1.29. The van der Waals surface area contributed by atoms with E-state index in [1.54, 1.807) is 7.11 Å². The van der Waals surface area contributed by atoms with Gasteiger partial charge in [0.25, 0.3) is 0 Å². The molecule has 4 fully saturated rings. The van der Waals surface area contributed by atoms with E-state index in [4.69, 9.17) is 14.2 Å². The quantitative estimate of drug-likeness (QED) is 0.334. The van der Waals surface area contributed by atoms with Crippen molar-refractivity contribution in [3.63, 3.8) is 0 Å². The van der Waals surface area contributed by atoms with Crippen LogP contribution in [0.2, 0.25) is 0 Å². The van der Waals surface area contributed by atoms with Crippen LogP contribution in [-0.2, 0) is 25.6 Å². The fourth-order valence-corrected chi connectivity index (χ4v) is 9.94. The van der Waals surface area contributed by atoms with Crippen LogP contribution in [0.3, 0.4) is 0 Å². The minimum Gasteiger partial charge on any atom is -0.497 e. The zero-order valence-corrected chi connectivity index (χ0v) is 24.6.